The molecule has 1 aliphatic rings. The average molecular weight is 293 g/mol. The summed E-state index contributed by atoms with van der Waals surface area (Å²) >= 11 is 0. The predicted octanol–water partition coefficient (Wildman–Crippen LogP) is 2.45. The van der Waals surface area contributed by atoms with Gasteiger partial charge in [0, 0.05) is 6.04 Å². The van der Waals surface area contributed by atoms with E-state index in [4.69, 9.17) is 14.6 Å². The van der Waals surface area contributed by atoms with E-state index in [1.807, 2.05) is 6.07 Å². The Morgan fingerprint density at radius 1 is 1.29 bits per heavy atom. The first kappa shape index (κ1) is 16.3. The highest BCUT2D eigenvalue weighted by Crippen LogP contribution is 2.35. The van der Waals surface area contributed by atoms with Gasteiger partial charge >= 0.3 is 0 Å². The highest BCUT2D eigenvalue weighted by Gasteiger charge is 2.22. The van der Waals surface area contributed by atoms with Crippen LogP contribution in [0.3, 0.4) is 0 Å². The summed E-state index contributed by atoms with van der Waals surface area (Å²) < 4.78 is 11.1. The van der Waals surface area contributed by atoms with Gasteiger partial charge in [0.2, 0.25) is 0 Å². The van der Waals surface area contributed by atoms with Crippen LogP contribution < -0.4 is 10.1 Å². The number of ether oxygens (including phenoxy) is 2. The van der Waals surface area contributed by atoms with E-state index in [1.165, 1.54) is 24.0 Å². The lowest BCUT2D eigenvalue weighted by Crippen LogP contribution is -2.26. The molecule has 4 nitrogen and oxygen atoms in total. The van der Waals surface area contributed by atoms with Crippen LogP contribution in [0.15, 0.2) is 18.2 Å². The van der Waals surface area contributed by atoms with Crippen LogP contribution in [-0.2, 0) is 11.2 Å². The summed E-state index contributed by atoms with van der Waals surface area (Å²) in [6.45, 7) is 4.74. The van der Waals surface area contributed by atoms with E-state index < -0.39 is 0 Å². The van der Waals surface area contributed by atoms with E-state index in [-0.39, 0.29) is 6.61 Å². The van der Waals surface area contributed by atoms with Gasteiger partial charge in [0.25, 0.3) is 0 Å². The van der Waals surface area contributed by atoms with E-state index in [2.05, 4.69) is 24.4 Å². The second-order valence-corrected chi connectivity index (χ2v) is 5.41. The monoisotopic (exact) mass is 293 g/mol. The van der Waals surface area contributed by atoms with Gasteiger partial charge in [0.05, 0.1) is 19.8 Å². The van der Waals surface area contributed by atoms with Crippen molar-refractivity contribution in [3.8, 4) is 5.75 Å². The molecule has 118 valence electrons. The minimum Gasteiger partial charge on any atom is -0.491 e. The molecule has 0 radical (unpaired) electrons. The lowest BCUT2D eigenvalue weighted by atomic mass is 9.87. The number of aliphatic hydroxyl groups is 1. The maximum absolute atomic E-state index is 8.67. The van der Waals surface area contributed by atoms with Crippen LogP contribution in [0.4, 0.5) is 0 Å². The zero-order valence-corrected chi connectivity index (χ0v) is 12.9. The number of benzene rings is 1. The third-order valence-corrected chi connectivity index (χ3v) is 3.83. The molecule has 0 bridgehead atoms. The molecule has 1 aromatic carbocycles. The quantitative estimate of drug-likeness (QED) is 0.687. The highest BCUT2D eigenvalue weighted by molar-refractivity contribution is 5.43. The van der Waals surface area contributed by atoms with Gasteiger partial charge in [-0.15, -0.1) is 0 Å². The molecule has 2 N–H and O–H groups in total. The van der Waals surface area contributed by atoms with Crippen LogP contribution in [0.5, 0.6) is 5.75 Å². The Labute approximate surface area is 127 Å². The minimum atomic E-state index is 0.0610. The van der Waals surface area contributed by atoms with Gasteiger partial charge < -0.3 is 19.9 Å². The Morgan fingerprint density at radius 3 is 3.00 bits per heavy atom. The fraction of sp³-hybridized carbons (Fsp3) is 0.647. The summed E-state index contributed by atoms with van der Waals surface area (Å²) in [4.78, 5) is 0. The molecule has 1 atom stereocenters. The van der Waals surface area contributed by atoms with Crippen LogP contribution >= 0.6 is 0 Å². The van der Waals surface area contributed by atoms with Crippen LogP contribution in [0.1, 0.15) is 43.4 Å². The predicted molar refractivity (Wildman–Crippen MR) is 83.8 cm³/mol. The average Bonchev–Trinajstić information content (AvgIpc) is 2.53. The smallest absolute Gasteiger partial charge is 0.122 e. The van der Waals surface area contributed by atoms with E-state index in [9.17, 15) is 0 Å². The summed E-state index contributed by atoms with van der Waals surface area (Å²) in [6.07, 6.45) is 4.66. The SMILES string of the molecule is CCCNC1CCCc2c(OCCOCCO)cccc21. The lowest BCUT2D eigenvalue weighted by Gasteiger charge is -2.28. The van der Waals surface area contributed by atoms with Crippen molar-refractivity contribution in [3.05, 3.63) is 29.3 Å². The topological polar surface area (TPSA) is 50.7 Å². The molecule has 0 heterocycles. The molecule has 1 aliphatic carbocycles. The second-order valence-electron chi connectivity index (χ2n) is 5.41. The molecular weight excluding hydrogens is 266 g/mol. The standard InChI is InChI=1S/C17H27NO3/c1-2-9-18-16-7-3-6-15-14(16)5-4-8-17(15)21-13-12-20-11-10-19/h4-5,8,16,18-19H,2-3,6-7,9-13H2,1H3. The van der Waals surface area contributed by atoms with Gasteiger partial charge in [0.1, 0.15) is 12.4 Å². The van der Waals surface area contributed by atoms with Crippen LogP contribution in [0.2, 0.25) is 0 Å². The van der Waals surface area contributed by atoms with Crippen molar-refractivity contribution in [3.63, 3.8) is 0 Å². The van der Waals surface area contributed by atoms with E-state index in [1.54, 1.807) is 0 Å². The van der Waals surface area contributed by atoms with Crippen molar-refractivity contribution in [1.29, 1.82) is 0 Å². The van der Waals surface area contributed by atoms with Gasteiger partial charge in [-0.05, 0) is 49.4 Å². The number of rotatable bonds is 9. The van der Waals surface area contributed by atoms with Crippen molar-refractivity contribution >= 4 is 0 Å². The summed E-state index contributed by atoms with van der Waals surface area (Å²) in [5.74, 6) is 0.989. The van der Waals surface area contributed by atoms with Crippen molar-refractivity contribution in [2.75, 3.05) is 33.0 Å². The van der Waals surface area contributed by atoms with Crippen LogP contribution in [0, 0.1) is 0 Å². The molecule has 0 spiro atoms. The van der Waals surface area contributed by atoms with Gasteiger partial charge in [-0.3, -0.25) is 0 Å². The van der Waals surface area contributed by atoms with Crippen molar-refractivity contribution < 1.29 is 14.6 Å². The molecule has 1 unspecified atom stereocenters. The molecule has 2 rings (SSSR count). The summed E-state index contributed by atoms with van der Waals surface area (Å²) in [7, 11) is 0. The highest BCUT2D eigenvalue weighted by atomic mass is 16.5. The molecule has 0 aromatic heterocycles. The maximum Gasteiger partial charge on any atom is 0.122 e. The molecule has 0 saturated heterocycles. The zero-order chi connectivity index (χ0) is 14.9. The molecule has 0 saturated carbocycles. The Kier molecular flexibility index (Phi) is 7.00. The number of hydrogen-bond acceptors (Lipinski definition) is 4. The Hall–Kier alpha value is -1.10. The minimum absolute atomic E-state index is 0.0610. The first-order chi connectivity index (χ1) is 10.4. The van der Waals surface area contributed by atoms with Crippen LogP contribution in [0.25, 0.3) is 0 Å². The van der Waals surface area contributed by atoms with E-state index in [0.717, 1.165) is 25.1 Å². The molecular formula is C17H27NO3. The number of fused-ring (bicyclic) bond motifs is 1. The van der Waals surface area contributed by atoms with Crippen LogP contribution in [-0.4, -0.2) is 38.1 Å². The van der Waals surface area contributed by atoms with E-state index in [0.29, 0.717) is 25.9 Å². The lowest BCUT2D eigenvalue weighted by molar-refractivity contribution is 0.0702. The van der Waals surface area contributed by atoms with Crippen molar-refractivity contribution in [2.45, 2.75) is 38.6 Å². The summed E-state index contributed by atoms with van der Waals surface area (Å²) in [6, 6.07) is 6.81. The number of aliphatic hydroxyl groups excluding tert-OH is 1. The number of hydrogen-bond donors (Lipinski definition) is 2. The van der Waals surface area contributed by atoms with Crippen molar-refractivity contribution in [1.82, 2.24) is 5.32 Å². The fourth-order valence-corrected chi connectivity index (χ4v) is 2.86. The molecule has 4 heteroatoms. The van der Waals surface area contributed by atoms with Gasteiger partial charge in [-0.1, -0.05) is 19.1 Å². The summed E-state index contributed by atoms with van der Waals surface area (Å²) in [5.41, 5.74) is 2.74. The largest absolute Gasteiger partial charge is 0.491 e. The second kappa shape index (κ2) is 9.03. The first-order valence-corrected chi connectivity index (χ1v) is 8.03. The van der Waals surface area contributed by atoms with Gasteiger partial charge in [0.15, 0.2) is 0 Å². The maximum atomic E-state index is 8.67. The molecule has 0 amide bonds. The van der Waals surface area contributed by atoms with E-state index >= 15 is 0 Å². The zero-order valence-electron chi connectivity index (χ0n) is 12.9. The Morgan fingerprint density at radius 2 is 2.19 bits per heavy atom. The Bertz CT molecular complexity index is 422. The normalized spacial score (nSPS) is 17.5. The third-order valence-electron chi connectivity index (χ3n) is 3.83. The molecule has 1 aromatic rings. The first-order valence-electron chi connectivity index (χ1n) is 8.03. The van der Waals surface area contributed by atoms with Gasteiger partial charge in [-0.25, -0.2) is 0 Å². The summed E-state index contributed by atoms with van der Waals surface area (Å²) in [5, 5.41) is 12.3. The molecule has 0 fully saturated rings. The number of nitrogens with one attached hydrogen (secondary N) is 1. The third kappa shape index (κ3) is 4.70. The van der Waals surface area contributed by atoms with Gasteiger partial charge in [-0.2, -0.15) is 0 Å². The Balaban J connectivity index is 1.96. The fourth-order valence-electron chi connectivity index (χ4n) is 2.86. The molecule has 0 aliphatic heterocycles. The van der Waals surface area contributed by atoms with Crippen molar-refractivity contribution in [2.24, 2.45) is 0 Å². The molecule has 21 heavy (non-hydrogen) atoms.